The first-order valence-corrected chi connectivity index (χ1v) is 14.9. The smallest absolute Gasteiger partial charge is 0.408 e. The van der Waals surface area contributed by atoms with Crippen LogP contribution in [0.1, 0.15) is 56.0 Å². The molecule has 3 aromatic rings. The number of nitrogens with zero attached hydrogens (tertiary/aromatic N) is 2. The van der Waals surface area contributed by atoms with E-state index in [1.807, 2.05) is 47.8 Å². The van der Waals surface area contributed by atoms with E-state index in [0.717, 1.165) is 10.4 Å². The molecule has 1 aromatic heterocycles. The van der Waals surface area contributed by atoms with Crippen molar-refractivity contribution in [1.82, 2.24) is 15.5 Å². The number of nitro benzene ring substituents is 1. The van der Waals surface area contributed by atoms with E-state index in [4.69, 9.17) is 9.47 Å². The average Bonchev–Trinajstić information content (AvgIpc) is 3.47. The minimum atomic E-state index is -0.891. The second-order valence-corrected chi connectivity index (χ2v) is 11.9. The average molecular weight is 611 g/mol. The quantitative estimate of drug-likeness (QED) is 0.126. The van der Waals surface area contributed by atoms with Gasteiger partial charge in [-0.3, -0.25) is 14.9 Å². The molecular weight excluding hydrogens is 572 g/mol. The number of unbranched alkanes of at least 4 members (excludes halogenated alkanes) is 1. The summed E-state index contributed by atoms with van der Waals surface area (Å²) in [4.78, 5) is 51.8. The third kappa shape index (κ3) is 12.1. The lowest BCUT2D eigenvalue weighted by molar-refractivity contribution is -0.384. The highest BCUT2D eigenvalue weighted by molar-refractivity contribution is 7.09. The second kappa shape index (κ2) is 16.3. The molecule has 3 amide bonds. The molecule has 11 nitrogen and oxygen atoms in total. The number of carbonyl (C=O) groups excluding carboxylic acids is 3. The van der Waals surface area contributed by atoms with Crippen LogP contribution in [0.25, 0.3) is 0 Å². The van der Waals surface area contributed by atoms with Crippen molar-refractivity contribution in [2.45, 2.75) is 71.4 Å². The number of carbonyl (C=O) groups is 3. The first-order valence-electron chi connectivity index (χ1n) is 14.0. The van der Waals surface area contributed by atoms with Gasteiger partial charge in [0.05, 0.1) is 11.5 Å². The third-order valence-electron chi connectivity index (χ3n) is 6.15. The Morgan fingerprint density at radius 2 is 1.65 bits per heavy atom. The van der Waals surface area contributed by atoms with E-state index in [2.05, 4.69) is 10.6 Å². The SMILES string of the molecule is CC(C)(C)OC(=O)NC(CCCCNC(=O)OCc1ccccc1)C(=O)N(Cc1ccc([N+](=O)[O-])cc1)Cc1cccs1. The minimum Gasteiger partial charge on any atom is -0.445 e. The van der Waals surface area contributed by atoms with Gasteiger partial charge in [0.2, 0.25) is 5.91 Å². The van der Waals surface area contributed by atoms with E-state index >= 15 is 0 Å². The summed E-state index contributed by atoms with van der Waals surface area (Å²) in [7, 11) is 0. The monoisotopic (exact) mass is 610 g/mol. The van der Waals surface area contributed by atoms with E-state index < -0.39 is 28.8 Å². The van der Waals surface area contributed by atoms with Gasteiger partial charge < -0.3 is 25.0 Å². The zero-order chi connectivity index (χ0) is 31.2. The maximum atomic E-state index is 13.9. The second-order valence-electron chi connectivity index (χ2n) is 10.9. The first-order chi connectivity index (χ1) is 20.5. The summed E-state index contributed by atoms with van der Waals surface area (Å²) in [6.07, 6.45) is 0.136. The molecule has 0 aliphatic rings. The van der Waals surface area contributed by atoms with Gasteiger partial charge in [0.1, 0.15) is 18.2 Å². The van der Waals surface area contributed by atoms with Gasteiger partial charge in [-0.1, -0.05) is 48.5 Å². The zero-order valence-corrected chi connectivity index (χ0v) is 25.4. The molecule has 3 rings (SSSR count). The molecule has 2 aromatic carbocycles. The number of amides is 3. The lowest BCUT2D eigenvalue weighted by atomic mass is 10.1. The Hall–Kier alpha value is -4.45. The molecule has 0 saturated heterocycles. The Morgan fingerprint density at radius 3 is 2.28 bits per heavy atom. The topological polar surface area (TPSA) is 140 Å². The van der Waals surface area contributed by atoms with E-state index in [1.54, 1.807) is 37.8 Å². The molecule has 12 heteroatoms. The van der Waals surface area contributed by atoms with Crippen LogP contribution in [0.15, 0.2) is 72.1 Å². The highest BCUT2D eigenvalue weighted by atomic mass is 32.1. The van der Waals surface area contributed by atoms with E-state index in [9.17, 15) is 24.5 Å². The van der Waals surface area contributed by atoms with Crippen LogP contribution >= 0.6 is 11.3 Å². The van der Waals surface area contributed by atoms with E-state index in [1.165, 1.54) is 23.5 Å². The third-order valence-corrected chi connectivity index (χ3v) is 7.01. The summed E-state index contributed by atoms with van der Waals surface area (Å²) in [5.41, 5.74) is 0.802. The summed E-state index contributed by atoms with van der Waals surface area (Å²) in [6.45, 7) is 6.21. The number of hydrogen-bond acceptors (Lipinski definition) is 8. The Bertz CT molecular complexity index is 1330. The normalized spacial score (nSPS) is 11.7. The van der Waals surface area contributed by atoms with Gasteiger partial charge in [-0.2, -0.15) is 0 Å². The van der Waals surface area contributed by atoms with Crippen molar-refractivity contribution in [3.63, 3.8) is 0 Å². The molecular formula is C31H38N4O7S. The molecule has 230 valence electrons. The van der Waals surface area contributed by atoms with Crippen LogP contribution in [0.5, 0.6) is 0 Å². The Balaban J connectivity index is 1.64. The first kappa shape index (κ1) is 33.1. The standard InChI is InChI=1S/C31H38N4O7S/c1-31(2,3)42-30(38)33-27(13-7-8-18-32-29(37)41-22-24-10-5-4-6-11-24)28(36)34(21-26-12-9-19-43-26)20-23-14-16-25(17-15-23)35(39)40/h4-6,9-12,14-17,19,27H,7-8,13,18,20-22H2,1-3H3,(H,32,37)(H,33,38). The predicted octanol–water partition coefficient (Wildman–Crippen LogP) is 6.18. The molecule has 2 N–H and O–H groups in total. The molecule has 43 heavy (non-hydrogen) atoms. The number of rotatable bonds is 14. The number of nitro groups is 1. The number of ether oxygens (including phenoxy) is 2. The predicted molar refractivity (Wildman–Crippen MR) is 163 cm³/mol. The van der Waals surface area contributed by atoms with Crippen molar-refractivity contribution < 1.29 is 28.8 Å². The van der Waals surface area contributed by atoms with Crippen LogP contribution in [0.3, 0.4) is 0 Å². The van der Waals surface area contributed by atoms with Crippen LogP contribution in [0.4, 0.5) is 15.3 Å². The van der Waals surface area contributed by atoms with Crippen LogP contribution in [-0.4, -0.2) is 46.1 Å². The van der Waals surface area contributed by atoms with Crippen LogP contribution in [0.2, 0.25) is 0 Å². The summed E-state index contributed by atoms with van der Waals surface area (Å²) < 4.78 is 10.7. The number of benzene rings is 2. The summed E-state index contributed by atoms with van der Waals surface area (Å²) in [6, 6.07) is 18.3. The molecule has 0 aliphatic carbocycles. The molecule has 0 radical (unpaired) electrons. The summed E-state index contributed by atoms with van der Waals surface area (Å²) in [5, 5.41) is 18.4. The minimum absolute atomic E-state index is 0.0399. The highest BCUT2D eigenvalue weighted by Gasteiger charge is 2.28. The molecule has 1 atom stereocenters. The van der Waals surface area contributed by atoms with Crippen LogP contribution in [-0.2, 0) is 34.0 Å². The van der Waals surface area contributed by atoms with Crippen molar-refractivity contribution in [3.8, 4) is 0 Å². The van der Waals surface area contributed by atoms with Crippen LogP contribution < -0.4 is 10.6 Å². The molecule has 0 aliphatic heterocycles. The summed E-state index contributed by atoms with van der Waals surface area (Å²) >= 11 is 1.50. The summed E-state index contributed by atoms with van der Waals surface area (Å²) in [5.74, 6) is -0.312. The van der Waals surface area contributed by atoms with E-state index in [-0.39, 0.29) is 24.7 Å². The van der Waals surface area contributed by atoms with Crippen molar-refractivity contribution in [1.29, 1.82) is 0 Å². The van der Waals surface area contributed by atoms with Crippen LogP contribution in [0, 0.1) is 10.1 Å². The van der Waals surface area contributed by atoms with Crippen molar-refractivity contribution >= 4 is 35.1 Å². The Labute approximate surface area is 255 Å². The lowest BCUT2D eigenvalue weighted by Gasteiger charge is -2.29. The number of hydrogen-bond donors (Lipinski definition) is 2. The largest absolute Gasteiger partial charge is 0.445 e. The van der Waals surface area contributed by atoms with Gasteiger partial charge in [0, 0.05) is 30.1 Å². The fraction of sp³-hybridized carbons (Fsp3) is 0.387. The van der Waals surface area contributed by atoms with E-state index in [0.29, 0.717) is 37.9 Å². The van der Waals surface area contributed by atoms with Crippen molar-refractivity contribution in [3.05, 3.63) is 98.2 Å². The van der Waals surface area contributed by atoms with Gasteiger partial charge in [-0.25, -0.2) is 9.59 Å². The van der Waals surface area contributed by atoms with Gasteiger partial charge in [0.15, 0.2) is 0 Å². The molecule has 0 saturated carbocycles. The molecule has 1 unspecified atom stereocenters. The van der Waals surface area contributed by atoms with Gasteiger partial charge >= 0.3 is 12.2 Å². The maximum Gasteiger partial charge on any atom is 0.408 e. The van der Waals surface area contributed by atoms with Gasteiger partial charge in [-0.05, 0) is 62.6 Å². The number of nitrogens with one attached hydrogen (secondary N) is 2. The fourth-order valence-corrected chi connectivity index (χ4v) is 4.83. The van der Waals surface area contributed by atoms with Crippen molar-refractivity contribution in [2.75, 3.05) is 6.54 Å². The number of non-ortho nitro benzene ring substituents is 1. The lowest BCUT2D eigenvalue weighted by Crippen LogP contribution is -2.49. The Morgan fingerprint density at radius 1 is 0.930 bits per heavy atom. The number of thiophene rings is 1. The van der Waals surface area contributed by atoms with Gasteiger partial charge in [0.25, 0.3) is 5.69 Å². The Kier molecular flexibility index (Phi) is 12.5. The van der Waals surface area contributed by atoms with Crippen molar-refractivity contribution in [2.24, 2.45) is 0 Å². The molecule has 0 bridgehead atoms. The molecule has 0 spiro atoms. The molecule has 0 fully saturated rings. The zero-order valence-electron chi connectivity index (χ0n) is 24.6. The number of alkyl carbamates (subject to hydrolysis) is 2. The highest BCUT2D eigenvalue weighted by Crippen LogP contribution is 2.19. The fourth-order valence-electron chi connectivity index (χ4n) is 4.11. The molecule has 1 heterocycles. The van der Waals surface area contributed by atoms with Gasteiger partial charge in [-0.15, -0.1) is 11.3 Å². The maximum absolute atomic E-state index is 13.9.